The van der Waals surface area contributed by atoms with Crippen LogP contribution < -0.4 is 11.1 Å². The molecule has 2 aliphatic rings. The van der Waals surface area contributed by atoms with E-state index >= 15 is 0 Å². The summed E-state index contributed by atoms with van der Waals surface area (Å²) in [5.41, 5.74) is 5.73. The summed E-state index contributed by atoms with van der Waals surface area (Å²) in [6.07, 6.45) is 6.22. The van der Waals surface area contributed by atoms with Crippen LogP contribution >= 0.6 is 0 Å². The van der Waals surface area contributed by atoms with Gasteiger partial charge < -0.3 is 15.6 Å². The van der Waals surface area contributed by atoms with E-state index in [0.29, 0.717) is 18.5 Å². The molecule has 2 fully saturated rings. The molecule has 3 rings (SSSR count). The van der Waals surface area contributed by atoms with Gasteiger partial charge in [0.05, 0.1) is 5.41 Å². The molecule has 0 spiro atoms. The van der Waals surface area contributed by atoms with Crippen molar-refractivity contribution in [2.75, 3.05) is 6.54 Å². The number of carbonyl (C=O) groups is 1. The van der Waals surface area contributed by atoms with Gasteiger partial charge in [0, 0.05) is 12.6 Å². The van der Waals surface area contributed by atoms with Crippen LogP contribution in [0.2, 0.25) is 0 Å². The molecule has 1 heterocycles. The number of hydrogen-bond donors (Lipinski definition) is 2. The van der Waals surface area contributed by atoms with Gasteiger partial charge >= 0.3 is 0 Å². The van der Waals surface area contributed by atoms with Gasteiger partial charge in [-0.25, -0.2) is 0 Å². The SMILES string of the molecule is CC1CCC(CN)(c2nc(C(=O)NC3CC3)no2)CC1. The minimum absolute atomic E-state index is 0.137. The van der Waals surface area contributed by atoms with Crippen LogP contribution in [0.25, 0.3) is 0 Å². The average Bonchev–Trinajstić information content (AvgIpc) is 3.12. The molecule has 6 nitrogen and oxygen atoms in total. The van der Waals surface area contributed by atoms with Gasteiger partial charge in [0.1, 0.15) is 0 Å². The molecule has 2 aliphatic carbocycles. The highest BCUT2D eigenvalue weighted by Gasteiger charge is 2.40. The van der Waals surface area contributed by atoms with Crippen molar-refractivity contribution in [1.82, 2.24) is 15.5 Å². The number of nitrogens with zero attached hydrogens (tertiary/aromatic N) is 2. The Labute approximate surface area is 118 Å². The molecule has 20 heavy (non-hydrogen) atoms. The summed E-state index contributed by atoms with van der Waals surface area (Å²) in [5, 5.41) is 6.70. The fraction of sp³-hybridized carbons (Fsp3) is 0.786. The number of amides is 1. The third-order valence-electron chi connectivity index (χ3n) is 4.62. The lowest BCUT2D eigenvalue weighted by molar-refractivity contribution is 0.0937. The van der Waals surface area contributed by atoms with Crippen LogP contribution in [-0.4, -0.2) is 28.6 Å². The van der Waals surface area contributed by atoms with Gasteiger partial charge in [-0.15, -0.1) is 0 Å². The molecule has 0 atom stereocenters. The van der Waals surface area contributed by atoms with Crippen molar-refractivity contribution in [2.24, 2.45) is 11.7 Å². The van der Waals surface area contributed by atoms with E-state index in [2.05, 4.69) is 22.4 Å². The zero-order valence-corrected chi connectivity index (χ0v) is 11.9. The van der Waals surface area contributed by atoms with Crippen LogP contribution in [0, 0.1) is 5.92 Å². The van der Waals surface area contributed by atoms with Crippen molar-refractivity contribution in [3.63, 3.8) is 0 Å². The molecule has 3 N–H and O–H groups in total. The number of aromatic nitrogens is 2. The summed E-state index contributed by atoms with van der Waals surface area (Å²) in [6.45, 7) is 2.74. The minimum atomic E-state index is -0.238. The molecular weight excluding hydrogens is 256 g/mol. The first-order chi connectivity index (χ1) is 9.63. The highest BCUT2D eigenvalue weighted by atomic mass is 16.5. The van der Waals surface area contributed by atoms with Crippen LogP contribution in [-0.2, 0) is 5.41 Å². The Morgan fingerprint density at radius 3 is 2.70 bits per heavy atom. The van der Waals surface area contributed by atoms with Crippen molar-refractivity contribution in [3.8, 4) is 0 Å². The normalized spacial score (nSPS) is 30.2. The fourth-order valence-electron chi connectivity index (χ4n) is 2.83. The molecule has 1 aromatic heterocycles. The van der Waals surface area contributed by atoms with Crippen LogP contribution in [0.15, 0.2) is 4.52 Å². The van der Waals surface area contributed by atoms with Crippen molar-refractivity contribution in [2.45, 2.75) is 56.9 Å². The number of hydrogen-bond acceptors (Lipinski definition) is 5. The van der Waals surface area contributed by atoms with E-state index in [1.54, 1.807) is 0 Å². The van der Waals surface area contributed by atoms with E-state index in [-0.39, 0.29) is 17.1 Å². The second kappa shape index (κ2) is 5.16. The van der Waals surface area contributed by atoms with Crippen LogP contribution in [0.4, 0.5) is 0 Å². The lowest BCUT2D eigenvalue weighted by Gasteiger charge is -2.35. The first kappa shape index (κ1) is 13.5. The fourth-order valence-corrected chi connectivity index (χ4v) is 2.83. The summed E-state index contributed by atoms with van der Waals surface area (Å²) >= 11 is 0. The van der Waals surface area contributed by atoms with Gasteiger partial charge in [-0.05, 0) is 44.4 Å². The second-order valence-electron chi connectivity index (χ2n) is 6.34. The Morgan fingerprint density at radius 1 is 1.40 bits per heavy atom. The Kier molecular flexibility index (Phi) is 3.50. The highest BCUT2D eigenvalue weighted by molar-refractivity contribution is 5.90. The summed E-state index contributed by atoms with van der Waals surface area (Å²) in [5.74, 6) is 1.15. The molecule has 6 heteroatoms. The first-order valence-electron chi connectivity index (χ1n) is 7.48. The predicted octanol–water partition coefficient (Wildman–Crippen LogP) is 1.37. The first-order valence-corrected chi connectivity index (χ1v) is 7.48. The monoisotopic (exact) mass is 278 g/mol. The standard InChI is InChI=1S/C14H22N4O2/c1-9-4-6-14(8-15,7-5-9)13-17-11(18-20-13)12(19)16-10-2-3-10/h9-10H,2-8,15H2,1H3,(H,16,19). The van der Waals surface area contributed by atoms with Gasteiger partial charge in [-0.2, -0.15) is 4.98 Å². The third kappa shape index (κ3) is 2.57. The molecule has 0 radical (unpaired) electrons. The Bertz CT molecular complexity index is 487. The van der Waals surface area contributed by atoms with Crippen molar-refractivity contribution in [3.05, 3.63) is 11.7 Å². The van der Waals surface area contributed by atoms with Gasteiger partial charge in [0.25, 0.3) is 11.7 Å². The largest absolute Gasteiger partial charge is 0.346 e. The summed E-state index contributed by atoms with van der Waals surface area (Å²) in [7, 11) is 0. The molecule has 1 amide bonds. The summed E-state index contributed by atoms with van der Waals surface area (Å²) < 4.78 is 5.35. The van der Waals surface area contributed by atoms with Crippen molar-refractivity contribution >= 4 is 5.91 Å². The van der Waals surface area contributed by atoms with E-state index in [1.165, 1.54) is 0 Å². The zero-order valence-electron chi connectivity index (χ0n) is 11.9. The quantitative estimate of drug-likeness (QED) is 0.867. The lowest BCUT2D eigenvalue weighted by atomic mass is 9.71. The Balaban J connectivity index is 1.75. The van der Waals surface area contributed by atoms with E-state index in [4.69, 9.17) is 10.3 Å². The van der Waals surface area contributed by atoms with Crippen LogP contribution in [0.1, 0.15) is 62.0 Å². The van der Waals surface area contributed by atoms with E-state index < -0.39 is 0 Å². The van der Waals surface area contributed by atoms with Gasteiger partial charge in [0.15, 0.2) is 0 Å². The molecule has 110 valence electrons. The molecule has 0 bridgehead atoms. The van der Waals surface area contributed by atoms with Gasteiger partial charge in [-0.3, -0.25) is 4.79 Å². The minimum Gasteiger partial charge on any atom is -0.346 e. The molecule has 0 unspecified atom stereocenters. The maximum atomic E-state index is 11.9. The topological polar surface area (TPSA) is 94.0 Å². The van der Waals surface area contributed by atoms with E-state index in [1.807, 2.05) is 0 Å². The smallest absolute Gasteiger partial charge is 0.292 e. The Morgan fingerprint density at radius 2 is 2.10 bits per heavy atom. The van der Waals surface area contributed by atoms with E-state index in [0.717, 1.165) is 44.4 Å². The molecule has 1 aromatic rings. The van der Waals surface area contributed by atoms with Crippen LogP contribution in [0.3, 0.4) is 0 Å². The third-order valence-corrected chi connectivity index (χ3v) is 4.62. The molecular formula is C14H22N4O2. The van der Waals surface area contributed by atoms with Crippen molar-refractivity contribution < 1.29 is 9.32 Å². The number of nitrogens with two attached hydrogens (primary N) is 1. The maximum Gasteiger partial charge on any atom is 0.292 e. The van der Waals surface area contributed by atoms with Crippen molar-refractivity contribution in [1.29, 1.82) is 0 Å². The second-order valence-corrected chi connectivity index (χ2v) is 6.34. The van der Waals surface area contributed by atoms with Crippen LogP contribution in [0.5, 0.6) is 0 Å². The van der Waals surface area contributed by atoms with Gasteiger partial charge in [-0.1, -0.05) is 12.1 Å². The molecule has 0 saturated heterocycles. The zero-order chi connectivity index (χ0) is 14.2. The number of carbonyl (C=O) groups excluding carboxylic acids is 1. The lowest BCUT2D eigenvalue weighted by Crippen LogP contribution is -2.39. The summed E-state index contributed by atoms with van der Waals surface area (Å²) in [4.78, 5) is 16.2. The summed E-state index contributed by atoms with van der Waals surface area (Å²) in [6, 6.07) is 0.295. The van der Waals surface area contributed by atoms with Gasteiger partial charge in [0.2, 0.25) is 5.89 Å². The number of nitrogens with one attached hydrogen (secondary N) is 1. The molecule has 0 aromatic carbocycles. The number of rotatable bonds is 4. The Hall–Kier alpha value is -1.43. The maximum absolute atomic E-state index is 11.9. The predicted molar refractivity (Wildman–Crippen MR) is 73.2 cm³/mol. The highest BCUT2D eigenvalue weighted by Crippen LogP contribution is 2.40. The molecule has 0 aliphatic heterocycles. The molecule has 2 saturated carbocycles. The van der Waals surface area contributed by atoms with E-state index in [9.17, 15) is 4.79 Å². The average molecular weight is 278 g/mol.